The summed E-state index contributed by atoms with van der Waals surface area (Å²) in [5.41, 5.74) is 6.14. The van der Waals surface area contributed by atoms with Crippen molar-refractivity contribution in [3.8, 4) is 33.8 Å². The minimum atomic E-state index is -0.349. The van der Waals surface area contributed by atoms with Gasteiger partial charge in [0.05, 0.1) is 36.7 Å². The predicted octanol–water partition coefficient (Wildman–Crippen LogP) is 6.54. The number of rotatable bonds is 6. The summed E-state index contributed by atoms with van der Waals surface area (Å²) in [4.78, 5) is 28.7. The number of pyridine rings is 3. The Hall–Kier alpha value is -4.92. The van der Waals surface area contributed by atoms with Crippen molar-refractivity contribution in [1.82, 2.24) is 15.0 Å². The Morgan fingerprint density at radius 2 is 0.689 bits per heavy atom. The molecule has 0 saturated heterocycles. The summed E-state index contributed by atoms with van der Waals surface area (Å²) in [5.74, 6) is 1.67. The molecule has 0 saturated carbocycles. The quantitative estimate of drug-likeness (QED) is 0.249. The number of hydrogen-bond acceptors (Lipinski definition) is 9. The van der Waals surface area contributed by atoms with Gasteiger partial charge in [-0.25, -0.2) is 29.9 Å². The molecule has 45 heavy (non-hydrogen) atoms. The SMILES string of the molecule is CC1(C)CN=C(c2cccc(-c3cc(-c4cccc(C5=NCC(C)(C)O5)n4)cc(-c4cccc(C5=NCC(C)(C)O5)n4)c3)n2)O1. The average Bonchev–Trinajstić information content (AvgIpc) is 3.71. The molecule has 9 heteroatoms. The van der Waals surface area contributed by atoms with Gasteiger partial charge in [-0.2, -0.15) is 0 Å². The first kappa shape index (κ1) is 28.8. The van der Waals surface area contributed by atoms with Gasteiger partial charge in [-0.05, 0) is 96.1 Å². The van der Waals surface area contributed by atoms with Crippen LogP contribution in [-0.2, 0) is 14.2 Å². The van der Waals surface area contributed by atoms with E-state index >= 15 is 0 Å². The number of benzene rings is 1. The van der Waals surface area contributed by atoms with E-state index in [1.807, 2.05) is 96.1 Å². The molecule has 0 radical (unpaired) electrons. The molecule has 0 bridgehead atoms. The Kier molecular flexibility index (Phi) is 6.80. The van der Waals surface area contributed by atoms with Crippen LogP contribution in [0.25, 0.3) is 33.8 Å². The van der Waals surface area contributed by atoms with E-state index in [0.29, 0.717) is 54.4 Å². The fraction of sp³-hybridized carbons (Fsp3) is 0.333. The van der Waals surface area contributed by atoms with Crippen molar-refractivity contribution in [3.05, 3.63) is 89.9 Å². The van der Waals surface area contributed by atoms with Crippen LogP contribution < -0.4 is 0 Å². The van der Waals surface area contributed by atoms with Crippen molar-refractivity contribution in [1.29, 1.82) is 0 Å². The minimum absolute atomic E-state index is 0.349. The van der Waals surface area contributed by atoms with E-state index in [2.05, 4.69) is 33.2 Å². The molecule has 0 aliphatic carbocycles. The summed E-state index contributed by atoms with van der Waals surface area (Å²) >= 11 is 0. The predicted molar refractivity (Wildman–Crippen MR) is 176 cm³/mol. The molecule has 0 spiro atoms. The highest BCUT2D eigenvalue weighted by molar-refractivity contribution is 5.96. The van der Waals surface area contributed by atoms with Gasteiger partial charge in [-0.3, -0.25) is 0 Å². The third-order valence-electron chi connectivity index (χ3n) is 7.65. The lowest BCUT2D eigenvalue weighted by atomic mass is 9.98. The molecule has 0 unspecified atom stereocenters. The van der Waals surface area contributed by atoms with Gasteiger partial charge < -0.3 is 14.2 Å². The Balaban J connectivity index is 1.32. The van der Waals surface area contributed by atoms with E-state index in [4.69, 9.17) is 29.2 Å². The van der Waals surface area contributed by atoms with Crippen molar-refractivity contribution in [2.45, 2.75) is 58.3 Å². The number of ether oxygens (including phenoxy) is 3. The Bertz CT molecular complexity index is 1680. The number of hydrogen-bond donors (Lipinski definition) is 0. The normalized spacial score (nSPS) is 19.2. The molecule has 0 amide bonds. The van der Waals surface area contributed by atoms with E-state index in [1.54, 1.807) is 0 Å². The molecule has 3 aliphatic heterocycles. The van der Waals surface area contributed by atoms with Gasteiger partial charge in [-0.15, -0.1) is 0 Å². The highest BCUT2D eigenvalue weighted by Gasteiger charge is 2.31. The van der Waals surface area contributed by atoms with Crippen molar-refractivity contribution in [2.24, 2.45) is 15.0 Å². The molecule has 1 aromatic carbocycles. The van der Waals surface area contributed by atoms with Crippen LogP contribution in [-0.4, -0.2) is 69.1 Å². The molecule has 7 rings (SSSR count). The number of aromatic nitrogens is 3. The summed E-state index contributed by atoms with van der Waals surface area (Å²) in [6.07, 6.45) is 0. The Morgan fingerprint density at radius 3 is 0.933 bits per heavy atom. The van der Waals surface area contributed by atoms with Crippen LogP contribution in [0.15, 0.2) is 87.8 Å². The monoisotopic (exact) mass is 600 g/mol. The molecule has 6 heterocycles. The maximum absolute atomic E-state index is 6.09. The second-order valence-electron chi connectivity index (χ2n) is 13.5. The van der Waals surface area contributed by atoms with E-state index in [9.17, 15) is 0 Å². The van der Waals surface area contributed by atoms with Crippen LogP contribution in [0, 0.1) is 0 Å². The molecule has 0 atom stereocenters. The zero-order valence-corrected chi connectivity index (χ0v) is 26.5. The molecular weight excluding hydrogens is 564 g/mol. The van der Waals surface area contributed by atoms with Crippen LogP contribution in [0.3, 0.4) is 0 Å². The summed E-state index contributed by atoms with van der Waals surface area (Å²) in [6.45, 7) is 13.9. The fourth-order valence-electron chi connectivity index (χ4n) is 5.38. The molecule has 0 N–H and O–H groups in total. The number of aliphatic imine (C=N–C) groups is 3. The number of nitrogens with zero attached hydrogens (tertiary/aromatic N) is 6. The largest absolute Gasteiger partial charge is 0.468 e. The van der Waals surface area contributed by atoms with Crippen LogP contribution in [0.2, 0.25) is 0 Å². The van der Waals surface area contributed by atoms with E-state index < -0.39 is 0 Å². The van der Waals surface area contributed by atoms with Gasteiger partial charge in [0.2, 0.25) is 17.7 Å². The lowest BCUT2D eigenvalue weighted by Gasteiger charge is -2.17. The van der Waals surface area contributed by atoms with Gasteiger partial charge >= 0.3 is 0 Å². The highest BCUT2D eigenvalue weighted by atomic mass is 16.5. The maximum Gasteiger partial charge on any atom is 0.236 e. The van der Waals surface area contributed by atoms with Crippen LogP contribution in [0.4, 0.5) is 0 Å². The van der Waals surface area contributed by atoms with Gasteiger partial charge in [-0.1, -0.05) is 18.2 Å². The average molecular weight is 601 g/mol. The van der Waals surface area contributed by atoms with Gasteiger partial charge in [0.25, 0.3) is 0 Å². The standard InChI is InChI=1S/C36H36N6O3/c1-34(2)19-37-31(43-34)28-13-7-10-25(40-28)22-16-23(26-11-8-14-29(41-26)32-38-20-35(3,4)44-32)18-24(17-22)27-12-9-15-30(42-27)33-39-21-36(5,6)45-33/h7-18H,19-21H2,1-6H3. The maximum atomic E-state index is 6.09. The van der Waals surface area contributed by atoms with E-state index in [0.717, 1.165) is 33.8 Å². The second kappa shape index (κ2) is 10.6. The summed E-state index contributed by atoms with van der Waals surface area (Å²) in [7, 11) is 0. The topological polar surface area (TPSA) is 103 Å². The second-order valence-corrected chi connectivity index (χ2v) is 13.5. The first-order valence-corrected chi connectivity index (χ1v) is 15.2. The van der Waals surface area contributed by atoms with Crippen molar-refractivity contribution < 1.29 is 14.2 Å². The zero-order valence-electron chi connectivity index (χ0n) is 26.5. The Labute approximate surface area is 263 Å². The molecular formula is C36H36N6O3. The first-order valence-electron chi connectivity index (χ1n) is 15.2. The highest BCUT2D eigenvalue weighted by Crippen LogP contribution is 2.33. The van der Waals surface area contributed by atoms with Gasteiger partial charge in [0, 0.05) is 16.7 Å². The lowest BCUT2D eigenvalue weighted by Crippen LogP contribution is -2.24. The smallest absolute Gasteiger partial charge is 0.236 e. The van der Waals surface area contributed by atoms with Gasteiger partial charge in [0.1, 0.15) is 33.9 Å². The fourth-order valence-corrected chi connectivity index (χ4v) is 5.38. The van der Waals surface area contributed by atoms with Crippen molar-refractivity contribution >= 4 is 17.7 Å². The van der Waals surface area contributed by atoms with E-state index in [1.165, 1.54) is 0 Å². The van der Waals surface area contributed by atoms with Crippen LogP contribution in [0.5, 0.6) is 0 Å². The molecule has 3 aromatic heterocycles. The lowest BCUT2D eigenvalue weighted by molar-refractivity contribution is 0.130. The zero-order chi connectivity index (χ0) is 31.4. The summed E-state index contributed by atoms with van der Waals surface area (Å²) < 4.78 is 18.3. The summed E-state index contributed by atoms with van der Waals surface area (Å²) in [6, 6.07) is 24.0. The van der Waals surface area contributed by atoms with Crippen molar-refractivity contribution in [3.63, 3.8) is 0 Å². The van der Waals surface area contributed by atoms with Crippen LogP contribution >= 0.6 is 0 Å². The third-order valence-corrected chi connectivity index (χ3v) is 7.65. The van der Waals surface area contributed by atoms with E-state index in [-0.39, 0.29) is 16.8 Å². The van der Waals surface area contributed by atoms with Crippen LogP contribution in [0.1, 0.15) is 58.6 Å². The Morgan fingerprint density at radius 1 is 0.422 bits per heavy atom. The molecule has 3 aliphatic rings. The molecule has 228 valence electrons. The summed E-state index contributed by atoms with van der Waals surface area (Å²) in [5, 5.41) is 0. The molecule has 4 aromatic rings. The molecule has 9 nitrogen and oxygen atoms in total. The first-order chi connectivity index (χ1) is 21.4. The van der Waals surface area contributed by atoms with Crippen molar-refractivity contribution in [2.75, 3.05) is 19.6 Å². The molecule has 0 fully saturated rings. The van der Waals surface area contributed by atoms with Gasteiger partial charge in [0.15, 0.2) is 0 Å². The third kappa shape index (κ3) is 6.07. The minimum Gasteiger partial charge on any atom is -0.468 e.